The van der Waals surface area contributed by atoms with Crippen LogP contribution < -0.4 is 15.2 Å². The summed E-state index contributed by atoms with van der Waals surface area (Å²) in [6.45, 7) is 2.74. The molecule has 2 atom stereocenters. The molecule has 0 fully saturated rings. The summed E-state index contributed by atoms with van der Waals surface area (Å²) in [4.78, 5) is 0. The molecular formula is C12H17NO2. The fourth-order valence-corrected chi connectivity index (χ4v) is 1.84. The van der Waals surface area contributed by atoms with Crippen LogP contribution in [0, 0.1) is 5.92 Å². The molecule has 1 heterocycles. The van der Waals surface area contributed by atoms with Crippen molar-refractivity contribution in [2.24, 2.45) is 11.7 Å². The van der Waals surface area contributed by atoms with E-state index >= 15 is 0 Å². The topological polar surface area (TPSA) is 44.5 Å². The molecule has 0 aromatic heterocycles. The fraction of sp³-hybridized carbons (Fsp3) is 0.500. The summed E-state index contributed by atoms with van der Waals surface area (Å²) >= 11 is 0. The van der Waals surface area contributed by atoms with Gasteiger partial charge in [-0.15, -0.1) is 0 Å². The molecule has 0 saturated carbocycles. The van der Waals surface area contributed by atoms with Crippen LogP contribution in [0.1, 0.15) is 12.5 Å². The molecule has 0 aliphatic carbocycles. The molecule has 0 radical (unpaired) electrons. The van der Waals surface area contributed by atoms with Crippen molar-refractivity contribution in [3.8, 4) is 11.5 Å². The van der Waals surface area contributed by atoms with Crippen molar-refractivity contribution < 1.29 is 9.47 Å². The lowest BCUT2D eigenvalue weighted by Crippen LogP contribution is -2.35. The molecule has 0 amide bonds. The average Bonchev–Trinajstić information content (AvgIpc) is 2.27. The highest BCUT2D eigenvalue weighted by atomic mass is 16.5. The molecule has 15 heavy (non-hydrogen) atoms. The molecule has 82 valence electrons. The minimum Gasteiger partial charge on any atom is -0.497 e. The molecule has 1 aliphatic heterocycles. The van der Waals surface area contributed by atoms with Gasteiger partial charge in [0.25, 0.3) is 0 Å². The molecule has 0 bridgehead atoms. The third-order valence-corrected chi connectivity index (χ3v) is 2.95. The van der Waals surface area contributed by atoms with Crippen molar-refractivity contribution in [1.82, 2.24) is 0 Å². The summed E-state index contributed by atoms with van der Waals surface area (Å²) in [5, 5.41) is 0. The maximum Gasteiger partial charge on any atom is 0.126 e. The first kappa shape index (κ1) is 10.3. The van der Waals surface area contributed by atoms with E-state index in [4.69, 9.17) is 15.2 Å². The monoisotopic (exact) mass is 207 g/mol. The van der Waals surface area contributed by atoms with Gasteiger partial charge in [-0.25, -0.2) is 0 Å². The van der Waals surface area contributed by atoms with E-state index in [1.807, 2.05) is 19.1 Å². The molecule has 3 heteroatoms. The van der Waals surface area contributed by atoms with Crippen LogP contribution in [0.4, 0.5) is 0 Å². The number of hydrogen-bond donors (Lipinski definition) is 1. The Kier molecular flexibility index (Phi) is 2.82. The van der Waals surface area contributed by atoms with Gasteiger partial charge in [-0.1, -0.05) is 6.07 Å². The highest BCUT2D eigenvalue weighted by molar-refractivity contribution is 5.42. The molecule has 1 aromatic carbocycles. The van der Waals surface area contributed by atoms with E-state index in [9.17, 15) is 0 Å². The molecule has 1 aliphatic rings. The molecule has 2 N–H and O–H groups in total. The molecule has 2 rings (SSSR count). The Balaban J connectivity index is 2.21. The maximum atomic E-state index is 5.88. The standard InChI is InChI=1S/C12H17NO2/c1-8(13)10-5-9-3-4-11(14-2)6-12(9)15-7-10/h3-4,6,8,10H,5,7,13H2,1-2H3. The zero-order chi connectivity index (χ0) is 10.8. The van der Waals surface area contributed by atoms with E-state index in [0.29, 0.717) is 12.5 Å². The van der Waals surface area contributed by atoms with Gasteiger partial charge in [0.2, 0.25) is 0 Å². The van der Waals surface area contributed by atoms with Crippen LogP contribution in [0.2, 0.25) is 0 Å². The van der Waals surface area contributed by atoms with Gasteiger partial charge in [0.15, 0.2) is 0 Å². The van der Waals surface area contributed by atoms with Crippen LogP contribution in [0.15, 0.2) is 18.2 Å². The van der Waals surface area contributed by atoms with E-state index < -0.39 is 0 Å². The predicted molar refractivity (Wildman–Crippen MR) is 59.3 cm³/mol. The Labute approximate surface area is 90.2 Å². The Morgan fingerprint density at radius 1 is 1.53 bits per heavy atom. The van der Waals surface area contributed by atoms with Gasteiger partial charge in [-0.3, -0.25) is 0 Å². The first-order valence-corrected chi connectivity index (χ1v) is 5.26. The first-order valence-electron chi connectivity index (χ1n) is 5.26. The summed E-state index contributed by atoms with van der Waals surface area (Å²) in [6.07, 6.45) is 0.997. The highest BCUT2D eigenvalue weighted by Gasteiger charge is 2.22. The third-order valence-electron chi connectivity index (χ3n) is 2.95. The van der Waals surface area contributed by atoms with Gasteiger partial charge in [0.1, 0.15) is 11.5 Å². The summed E-state index contributed by atoms with van der Waals surface area (Å²) < 4.78 is 10.8. The highest BCUT2D eigenvalue weighted by Crippen LogP contribution is 2.31. The summed E-state index contributed by atoms with van der Waals surface area (Å²) in [7, 11) is 1.66. The van der Waals surface area contributed by atoms with E-state index in [1.54, 1.807) is 7.11 Å². The Morgan fingerprint density at radius 2 is 2.33 bits per heavy atom. The maximum absolute atomic E-state index is 5.88. The fourth-order valence-electron chi connectivity index (χ4n) is 1.84. The number of benzene rings is 1. The second-order valence-electron chi connectivity index (χ2n) is 4.11. The van der Waals surface area contributed by atoms with Gasteiger partial charge < -0.3 is 15.2 Å². The lowest BCUT2D eigenvalue weighted by molar-refractivity contribution is 0.203. The molecular weight excluding hydrogens is 190 g/mol. The molecule has 3 nitrogen and oxygen atoms in total. The predicted octanol–water partition coefficient (Wildman–Crippen LogP) is 1.59. The van der Waals surface area contributed by atoms with Gasteiger partial charge >= 0.3 is 0 Å². The van der Waals surface area contributed by atoms with Crippen molar-refractivity contribution in [2.45, 2.75) is 19.4 Å². The zero-order valence-electron chi connectivity index (χ0n) is 9.19. The summed E-state index contributed by atoms with van der Waals surface area (Å²) in [5.41, 5.74) is 7.10. The van der Waals surface area contributed by atoms with Gasteiger partial charge in [-0.05, 0) is 25.0 Å². The average molecular weight is 207 g/mol. The lowest BCUT2D eigenvalue weighted by atomic mass is 9.92. The van der Waals surface area contributed by atoms with Gasteiger partial charge in [-0.2, -0.15) is 0 Å². The summed E-state index contributed by atoms with van der Waals surface area (Å²) in [6, 6.07) is 6.14. The van der Waals surface area contributed by atoms with Crippen LogP contribution in [0.25, 0.3) is 0 Å². The normalized spacial score (nSPS) is 21.4. The van der Waals surface area contributed by atoms with E-state index in [2.05, 4.69) is 6.07 Å². The Bertz CT molecular complexity index is 349. The van der Waals surface area contributed by atoms with Crippen LogP contribution in [0.5, 0.6) is 11.5 Å². The largest absolute Gasteiger partial charge is 0.497 e. The molecule has 1 aromatic rings. The second-order valence-corrected chi connectivity index (χ2v) is 4.11. The van der Waals surface area contributed by atoms with Crippen LogP contribution >= 0.6 is 0 Å². The quantitative estimate of drug-likeness (QED) is 0.801. The first-order chi connectivity index (χ1) is 7.20. The Hall–Kier alpha value is -1.22. The lowest BCUT2D eigenvalue weighted by Gasteiger charge is -2.27. The minimum atomic E-state index is 0.181. The third kappa shape index (κ3) is 2.07. The van der Waals surface area contributed by atoms with E-state index in [1.165, 1.54) is 5.56 Å². The van der Waals surface area contributed by atoms with Crippen LogP contribution in [-0.2, 0) is 6.42 Å². The number of ether oxygens (including phenoxy) is 2. The number of nitrogens with two attached hydrogens (primary N) is 1. The summed E-state index contributed by atoms with van der Waals surface area (Å²) in [5.74, 6) is 2.20. The number of fused-ring (bicyclic) bond motifs is 1. The molecule has 0 saturated heterocycles. The number of hydrogen-bond acceptors (Lipinski definition) is 3. The SMILES string of the molecule is COc1ccc2c(c1)OCC(C(C)N)C2. The van der Waals surface area contributed by atoms with Gasteiger partial charge in [0.05, 0.1) is 13.7 Å². The smallest absolute Gasteiger partial charge is 0.126 e. The van der Waals surface area contributed by atoms with Gasteiger partial charge in [0, 0.05) is 18.0 Å². The van der Waals surface area contributed by atoms with Crippen molar-refractivity contribution in [3.63, 3.8) is 0 Å². The van der Waals surface area contributed by atoms with Crippen molar-refractivity contribution in [1.29, 1.82) is 0 Å². The van der Waals surface area contributed by atoms with Crippen molar-refractivity contribution >= 4 is 0 Å². The zero-order valence-corrected chi connectivity index (χ0v) is 9.19. The van der Waals surface area contributed by atoms with Crippen LogP contribution in [-0.4, -0.2) is 19.8 Å². The minimum absolute atomic E-state index is 0.181. The second kappa shape index (κ2) is 4.11. The number of rotatable bonds is 2. The molecule has 0 spiro atoms. The molecule has 2 unspecified atom stereocenters. The van der Waals surface area contributed by atoms with Crippen LogP contribution in [0.3, 0.4) is 0 Å². The van der Waals surface area contributed by atoms with E-state index in [0.717, 1.165) is 17.9 Å². The van der Waals surface area contributed by atoms with Crippen molar-refractivity contribution in [2.75, 3.05) is 13.7 Å². The van der Waals surface area contributed by atoms with E-state index in [-0.39, 0.29) is 6.04 Å². The van der Waals surface area contributed by atoms with Crippen molar-refractivity contribution in [3.05, 3.63) is 23.8 Å². The Morgan fingerprint density at radius 3 is 3.00 bits per heavy atom. The number of methoxy groups -OCH3 is 1.